The summed E-state index contributed by atoms with van der Waals surface area (Å²) < 4.78 is 41.1. The van der Waals surface area contributed by atoms with E-state index in [0.29, 0.717) is 12.1 Å². The molecule has 1 aromatic rings. The summed E-state index contributed by atoms with van der Waals surface area (Å²) in [5.41, 5.74) is -1.09. The summed E-state index contributed by atoms with van der Waals surface area (Å²) in [6.07, 6.45) is 0. The van der Waals surface area contributed by atoms with Gasteiger partial charge < -0.3 is 4.74 Å². The second kappa shape index (κ2) is 3.95. The maximum atomic E-state index is 12.7. The van der Waals surface area contributed by atoms with Crippen molar-refractivity contribution in [3.8, 4) is 5.75 Å². The van der Waals surface area contributed by atoms with E-state index in [-0.39, 0.29) is 0 Å². The van der Waals surface area contributed by atoms with Gasteiger partial charge in [0, 0.05) is 6.07 Å². The van der Waals surface area contributed by atoms with Gasteiger partial charge in [0.1, 0.15) is 5.75 Å². The van der Waals surface area contributed by atoms with Gasteiger partial charge in [-0.1, -0.05) is 0 Å². The number of alkyl halides is 1. The van der Waals surface area contributed by atoms with Gasteiger partial charge in [-0.25, -0.2) is 8.78 Å². The second-order valence-electron chi connectivity index (χ2n) is 2.25. The van der Waals surface area contributed by atoms with Gasteiger partial charge >= 0.3 is 5.69 Å². The zero-order valence-corrected chi connectivity index (χ0v) is 6.67. The van der Waals surface area contributed by atoms with Gasteiger partial charge in [0.25, 0.3) is 0 Å². The van der Waals surface area contributed by atoms with E-state index in [1.165, 1.54) is 0 Å². The zero-order chi connectivity index (χ0) is 10.7. The normalized spacial score (nSPS) is 9.93. The summed E-state index contributed by atoms with van der Waals surface area (Å²) in [6.45, 7) is -1.28. The molecule has 0 aromatic heterocycles. The minimum Gasteiger partial charge on any atom is -0.463 e. The number of nitro groups is 1. The highest BCUT2D eigenvalue weighted by Crippen LogP contribution is 2.26. The average molecular weight is 207 g/mol. The van der Waals surface area contributed by atoms with Crippen molar-refractivity contribution in [3.63, 3.8) is 0 Å². The van der Waals surface area contributed by atoms with E-state index in [2.05, 4.69) is 4.74 Å². The Labute approximate surface area is 76.1 Å². The van der Waals surface area contributed by atoms with Gasteiger partial charge in [0.15, 0.2) is 5.82 Å². The summed E-state index contributed by atoms with van der Waals surface area (Å²) in [7, 11) is 0. The number of ether oxygens (including phenoxy) is 1. The fourth-order valence-corrected chi connectivity index (χ4v) is 0.830. The van der Waals surface area contributed by atoms with Crippen LogP contribution in [0.3, 0.4) is 0 Å². The molecule has 14 heavy (non-hydrogen) atoms. The first-order valence-corrected chi connectivity index (χ1v) is 3.38. The molecule has 0 aliphatic carbocycles. The maximum Gasteiger partial charge on any atom is 0.311 e. The van der Waals surface area contributed by atoms with Crippen LogP contribution < -0.4 is 4.74 Å². The third-order valence-electron chi connectivity index (χ3n) is 1.40. The van der Waals surface area contributed by atoms with E-state index in [1.807, 2.05) is 0 Å². The van der Waals surface area contributed by atoms with Gasteiger partial charge in [0.2, 0.25) is 12.7 Å². The number of nitrogens with zero attached hydrogens (tertiary/aromatic N) is 1. The first-order valence-electron chi connectivity index (χ1n) is 3.38. The molecule has 0 atom stereocenters. The monoisotopic (exact) mass is 207 g/mol. The molecular formula is C7H4F3NO3. The van der Waals surface area contributed by atoms with Crippen LogP contribution in [0.1, 0.15) is 0 Å². The predicted octanol–water partition coefficient (Wildman–Crippen LogP) is 2.18. The molecule has 0 aliphatic rings. The number of rotatable bonds is 3. The molecule has 76 valence electrons. The van der Waals surface area contributed by atoms with Crippen LogP contribution >= 0.6 is 0 Å². The molecule has 7 heteroatoms. The van der Waals surface area contributed by atoms with Gasteiger partial charge in [0.05, 0.1) is 11.0 Å². The molecule has 0 N–H and O–H groups in total. The van der Waals surface area contributed by atoms with Gasteiger partial charge in [-0.3, -0.25) is 10.1 Å². The Balaban J connectivity index is 3.21. The Kier molecular flexibility index (Phi) is 2.90. The standard InChI is InChI=1S/C7H4F3NO3/c8-3-14-4-1-5(9)7(10)6(2-4)11(12)13/h1-2H,3H2. The van der Waals surface area contributed by atoms with Crippen LogP contribution in [0.4, 0.5) is 18.9 Å². The van der Waals surface area contributed by atoms with Crippen molar-refractivity contribution in [1.29, 1.82) is 0 Å². The third-order valence-corrected chi connectivity index (χ3v) is 1.40. The molecule has 0 aliphatic heterocycles. The van der Waals surface area contributed by atoms with Crippen molar-refractivity contribution in [2.75, 3.05) is 6.86 Å². The Morgan fingerprint density at radius 1 is 1.43 bits per heavy atom. The number of hydrogen-bond acceptors (Lipinski definition) is 3. The predicted molar refractivity (Wildman–Crippen MR) is 39.6 cm³/mol. The van der Waals surface area contributed by atoms with Gasteiger partial charge in [-0.2, -0.15) is 4.39 Å². The lowest BCUT2D eigenvalue weighted by molar-refractivity contribution is -0.387. The van der Waals surface area contributed by atoms with E-state index < -0.39 is 34.9 Å². The Morgan fingerprint density at radius 3 is 2.57 bits per heavy atom. The van der Waals surface area contributed by atoms with Gasteiger partial charge in [-0.15, -0.1) is 0 Å². The molecule has 0 bridgehead atoms. The zero-order valence-electron chi connectivity index (χ0n) is 6.67. The molecule has 0 fully saturated rings. The lowest BCUT2D eigenvalue weighted by Gasteiger charge is -2.01. The molecule has 0 amide bonds. The van der Waals surface area contributed by atoms with Crippen LogP contribution in [0.5, 0.6) is 5.75 Å². The van der Waals surface area contributed by atoms with E-state index in [1.54, 1.807) is 0 Å². The first-order chi connectivity index (χ1) is 6.56. The highest BCUT2D eigenvalue weighted by molar-refractivity contribution is 5.40. The minimum absolute atomic E-state index is 0.432. The minimum atomic E-state index is -1.60. The largest absolute Gasteiger partial charge is 0.463 e. The summed E-state index contributed by atoms with van der Waals surface area (Å²) in [4.78, 5) is 9.06. The molecule has 0 unspecified atom stereocenters. The molecule has 0 radical (unpaired) electrons. The van der Waals surface area contributed by atoms with Crippen LogP contribution in [0.15, 0.2) is 12.1 Å². The van der Waals surface area contributed by atoms with Crippen LogP contribution in [-0.2, 0) is 0 Å². The molecule has 0 saturated carbocycles. The topological polar surface area (TPSA) is 52.4 Å². The van der Waals surface area contributed by atoms with E-state index in [9.17, 15) is 23.3 Å². The van der Waals surface area contributed by atoms with Crippen molar-refractivity contribution in [2.24, 2.45) is 0 Å². The fourth-order valence-electron chi connectivity index (χ4n) is 0.830. The molecule has 0 saturated heterocycles. The molecule has 4 nitrogen and oxygen atoms in total. The van der Waals surface area contributed by atoms with Crippen molar-refractivity contribution in [1.82, 2.24) is 0 Å². The van der Waals surface area contributed by atoms with Crippen molar-refractivity contribution in [2.45, 2.75) is 0 Å². The quantitative estimate of drug-likeness (QED) is 0.563. The van der Waals surface area contributed by atoms with Crippen molar-refractivity contribution in [3.05, 3.63) is 33.9 Å². The third kappa shape index (κ3) is 1.93. The van der Waals surface area contributed by atoms with Crippen molar-refractivity contribution >= 4 is 5.69 Å². The molecule has 0 heterocycles. The van der Waals surface area contributed by atoms with Gasteiger partial charge in [-0.05, 0) is 0 Å². The Bertz CT molecular complexity index is 369. The van der Waals surface area contributed by atoms with Crippen LogP contribution in [0.2, 0.25) is 0 Å². The first kappa shape index (κ1) is 10.3. The van der Waals surface area contributed by atoms with Crippen molar-refractivity contribution < 1.29 is 22.8 Å². The molecule has 1 rings (SSSR count). The van der Waals surface area contributed by atoms with E-state index >= 15 is 0 Å². The number of nitro benzene ring substituents is 1. The number of halogens is 3. The highest BCUT2D eigenvalue weighted by Gasteiger charge is 2.20. The van der Waals surface area contributed by atoms with Crippen LogP contribution in [0, 0.1) is 21.7 Å². The van der Waals surface area contributed by atoms with Crippen LogP contribution in [-0.4, -0.2) is 11.8 Å². The number of benzene rings is 1. The number of hydrogen-bond donors (Lipinski definition) is 0. The molecular weight excluding hydrogens is 203 g/mol. The average Bonchev–Trinajstić information content (AvgIpc) is 2.11. The SMILES string of the molecule is O=[N+]([O-])c1cc(OCF)cc(F)c1F. The lowest BCUT2D eigenvalue weighted by Crippen LogP contribution is -1.98. The summed E-state index contributed by atoms with van der Waals surface area (Å²) in [5.74, 6) is -3.48. The molecule has 0 spiro atoms. The summed E-state index contributed by atoms with van der Waals surface area (Å²) >= 11 is 0. The van der Waals surface area contributed by atoms with E-state index in [0.717, 1.165) is 0 Å². The Morgan fingerprint density at radius 2 is 2.07 bits per heavy atom. The van der Waals surface area contributed by atoms with E-state index in [4.69, 9.17) is 0 Å². The Hall–Kier alpha value is -1.79. The van der Waals surface area contributed by atoms with Crippen LogP contribution in [0.25, 0.3) is 0 Å². The molecule has 1 aromatic carbocycles. The fraction of sp³-hybridized carbons (Fsp3) is 0.143. The summed E-state index contributed by atoms with van der Waals surface area (Å²) in [5, 5.41) is 10.2. The smallest absolute Gasteiger partial charge is 0.311 e. The second-order valence-corrected chi connectivity index (χ2v) is 2.25. The maximum absolute atomic E-state index is 12.7. The lowest BCUT2D eigenvalue weighted by atomic mass is 10.3. The highest BCUT2D eigenvalue weighted by atomic mass is 19.2. The summed E-state index contributed by atoms with van der Waals surface area (Å²) in [6, 6.07) is 1.14.